The van der Waals surface area contributed by atoms with E-state index in [1.54, 1.807) is 6.07 Å². The van der Waals surface area contributed by atoms with Crippen LogP contribution >= 0.6 is 0 Å². The number of rotatable bonds is 1. The summed E-state index contributed by atoms with van der Waals surface area (Å²) >= 11 is 0. The van der Waals surface area contributed by atoms with Crippen LogP contribution in [0.4, 0.5) is 0 Å². The summed E-state index contributed by atoms with van der Waals surface area (Å²) < 4.78 is 1.90. The first kappa shape index (κ1) is 10.5. The van der Waals surface area contributed by atoms with E-state index < -0.39 is 0 Å². The molecule has 1 atom stereocenters. The van der Waals surface area contributed by atoms with Gasteiger partial charge in [-0.2, -0.15) is 0 Å². The van der Waals surface area contributed by atoms with Gasteiger partial charge in [0.1, 0.15) is 0 Å². The number of hydrogen-bond donors (Lipinski definition) is 1. The molecule has 1 N–H and O–H groups in total. The molecule has 1 aliphatic heterocycles. The first-order valence-corrected chi connectivity index (χ1v) is 6.20. The summed E-state index contributed by atoms with van der Waals surface area (Å²) in [4.78, 5) is 12.1. The molecule has 1 unspecified atom stereocenters. The van der Waals surface area contributed by atoms with Crippen LogP contribution in [0.5, 0.6) is 0 Å². The van der Waals surface area contributed by atoms with Crippen molar-refractivity contribution in [3.8, 4) is 0 Å². The fraction of sp³-hybridized carbons (Fsp3) is 0.357. The molecule has 17 heavy (non-hydrogen) atoms. The SMILES string of the molecule is O=c1ccc2ccccc2n1C1CCCCN1. The van der Waals surface area contributed by atoms with E-state index >= 15 is 0 Å². The first-order chi connectivity index (χ1) is 8.36. The van der Waals surface area contributed by atoms with Crippen molar-refractivity contribution < 1.29 is 0 Å². The number of nitrogens with one attached hydrogen (secondary N) is 1. The number of nitrogens with zero attached hydrogens (tertiary/aromatic N) is 1. The molecule has 88 valence electrons. The van der Waals surface area contributed by atoms with Crippen LogP contribution in [0.1, 0.15) is 25.4 Å². The second kappa shape index (κ2) is 4.34. The first-order valence-electron chi connectivity index (χ1n) is 6.20. The Labute approximate surface area is 100 Å². The minimum absolute atomic E-state index is 0.0862. The normalized spacial score (nSPS) is 20.6. The van der Waals surface area contributed by atoms with E-state index in [1.807, 2.05) is 34.9 Å². The zero-order valence-electron chi connectivity index (χ0n) is 9.73. The highest BCUT2D eigenvalue weighted by Gasteiger charge is 2.16. The molecule has 0 aliphatic carbocycles. The monoisotopic (exact) mass is 228 g/mol. The molecular weight excluding hydrogens is 212 g/mol. The maximum Gasteiger partial charge on any atom is 0.252 e. The Morgan fingerprint density at radius 3 is 2.82 bits per heavy atom. The van der Waals surface area contributed by atoms with Gasteiger partial charge in [0, 0.05) is 6.07 Å². The van der Waals surface area contributed by atoms with Crippen LogP contribution in [-0.2, 0) is 0 Å². The summed E-state index contributed by atoms with van der Waals surface area (Å²) in [6.45, 7) is 1.00. The van der Waals surface area contributed by atoms with Crippen molar-refractivity contribution in [3.63, 3.8) is 0 Å². The van der Waals surface area contributed by atoms with Gasteiger partial charge in [-0.05, 0) is 43.3 Å². The molecule has 1 aromatic carbocycles. The van der Waals surface area contributed by atoms with Crippen LogP contribution in [0.15, 0.2) is 41.2 Å². The molecular formula is C14H16N2O. The molecule has 0 radical (unpaired) electrons. The van der Waals surface area contributed by atoms with Gasteiger partial charge in [0.25, 0.3) is 5.56 Å². The third-order valence-electron chi connectivity index (χ3n) is 3.44. The van der Waals surface area contributed by atoms with Gasteiger partial charge in [-0.15, -0.1) is 0 Å². The average Bonchev–Trinajstić information content (AvgIpc) is 2.39. The molecule has 3 rings (SSSR count). The standard InChI is InChI=1S/C14H16N2O/c17-14-9-8-11-5-1-2-6-12(11)16(14)13-7-3-4-10-15-13/h1-2,5-6,8-9,13,15H,3-4,7,10H2. The highest BCUT2D eigenvalue weighted by Crippen LogP contribution is 2.20. The molecule has 3 heteroatoms. The lowest BCUT2D eigenvalue weighted by atomic mass is 10.1. The van der Waals surface area contributed by atoms with Crippen molar-refractivity contribution in [1.29, 1.82) is 0 Å². The van der Waals surface area contributed by atoms with E-state index in [0.717, 1.165) is 23.9 Å². The van der Waals surface area contributed by atoms with Gasteiger partial charge in [0.15, 0.2) is 0 Å². The second-order valence-electron chi connectivity index (χ2n) is 4.57. The van der Waals surface area contributed by atoms with Crippen LogP contribution < -0.4 is 10.9 Å². The second-order valence-corrected chi connectivity index (χ2v) is 4.57. The maximum absolute atomic E-state index is 12.1. The van der Waals surface area contributed by atoms with E-state index in [0.29, 0.717) is 0 Å². The van der Waals surface area contributed by atoms with E-state index in [9.17, 15) is 4.79 Å². The van der Waals surface area contributed by atoms with Gasteiger partial charge in [0.2, 0.25) is 0 Å². The van der Waals surface area contributed by atoms with Crippen molar-refractivity contribution >= 4 is 10.9 Å². The van der Waals surface area contributed by atoms with Crippen molar-refractivity contribution in [3.05, 3.63) is 46.8 Å². The maximum atomic E-state index is 12.1. The lowest BCUT2D eigenvalue weighted by molar-refractivity contribution is 0.321. The van der Waals surface area contributed by atoms with Crippen molar-refractivity contribution in [2.45, 2.75) is 25.4 Å². The molecule has 0 spiro atoms. The number of piperidine rings is 1. The lowest BCUT2D eigenvalue weighted by Gasteiger charge is -2.26. The van der Waals surface area contributed by atoms with Crippen LogP contribution in [0.2, 0.25) is 0 Å². The largest absolute Gasteiger partial charge is 0.297 e. The highest BCUT2D eigenvalue weighted by atomic mass is 16.1. The molecule has 2 heterocycles. The van der Waals surface area contributed by atoms with Crippen LogP contribution in [0.25, 0.3) is 10.9 Å². The Morgan fingerprint density at radius 1 is 1.12 bits per heavy atom. The Balaban J connectivity index is 2.19. The summed E-state index contributed by atoms with van der Waals surface area (Å²) in [6, 6.07) is 11.6. The molecule has 1 fully saturated rings. The van der Waals surface area contributed by atoms with E-state index in [1.165, 1.54) is 12.8 Å². The number of aromatic nitrogens is 1. The molecule has 1 aromatic heterocycles. The Morgan fingerprint density at radius 2 is 2.00 bits per heavy atom. The van der Waals surface area contributed by atoms with Crippen molar-refractivity contribution in [2.75, 3.05) is 6.54 Å². The quantitative estimate of drug-likeness (QED) is 0.812. The fourth-order valence-corrected chi connectivity index (χ4v) is 2.58. The van der Waals surface area contributed by atoms with E-state index in [2.05, 4.69) is 5.32 Å². The summed E-state index contributed by atoms with van der Waals surface area (Å²) in [6.07, 6.45) is 3.58. The number of fused-ring (bicyclic) bond motifs is 1. The third kappa shape index (κ3) is 1.87. The topological polar surface area (TPSA) is 34.0 Å². The lowest BCUT2D eigenvalue weighted by Crippen LogP contribution is -2.37. The minimum Gasteiger partial charge on any atom is -0.297 e. The van der Waals surface area contributed by atoms with E-state index in [4.69, 9.17) is 0 Å². The van der Waals surface area contributed by atoms with Crippen LogP contribution in [0.3, 0.4) is 0 Å². The molecule has 3 nitrogen and oxygen atoms in total. The van der Waals surface area contributed by atoms with Gasteiger partial charge in [-0.3, -0.25) is 14.7 Å². The average molecular weight is 228 g/mol. The van der Waals surface area contributed by atoms with Crippen LogP contribution in [0, 0.1) is 0 Å². The molecule has 0 bridgehead atoms. The van der Waals surface area contributed by atoms with Crippen LogP contribution in [-0.4, -0.2) is 11.1 Å². The van der Waals surface area contributed by atoms with Crippen molar-refractivity contribution in [1.82, 2.24) is 9.88 Å². The Kier molecular flexibility index (Phi) is 2.69. The highest BCUT2D eigenvalue weighted by molar-refractivity contribution is 5.78. The predicted molar refractivity (Wildman–Crippen MR) is 69.1 cm³/mol. The van der Waals surface area contributed by atoms with Gasteiger partial charge >= 0.3 is 0 Å². The zero-order chi connectivity index (χ0) is 11.7. The van der Waals surface area contributed by atoms with Gasteiger partial charge in [0.05, 0.1) is 11.7 Å². The summed E-state index contributed by atoms with van der Waals surface area (Å²) in [5, 5.41) is 4.56. The summed E-state index contributed by atoms with van der Waals surface area (Å²) in [5.74, 6) is 0. The molecule has 1 aliphatic rings. The third-order valence-corrected chi connectivity index (χ3v) is 3.44. The number of para-hydroxylation sites is 1. The molecule has 1 saturated heterocycles. The fourth-order valence-electron chi connectivity index (χ4n) is 2.58. The molecule has 2 aromatic rings. The van der Waals surface area contributed by atoms with Gasteiger partial charge in [-0.25, -0.2) is 0 Å². The molecule has 0 saturated carbocycles. The minimum atomic E-state index is 0.0862. The summed E-state index contributed by atoms with van der Waals surface area (Å²) in [5.41, 5.74) is 1.11. The Hall–Kier alpha value is -1.61. The predicted octanol–water partition coefficient (Wildman–Crippen LogP) is 2.27. The van der Waals surface area contributed by atoms with Crippen molar-refractivity contribution in [2.24, 2.45) is 0 Å². The number of benzene rings is 1. The Bertz CT molecular complexity index is 582. The van der Waals surface area contributed by atoms with E-state index in [-0.39, 0.29) is 11.7 Å². The number of pyridine rings is 1. The van der Waals surface area contributed by atoms with Gasteiger partial charge in [-0.1, -0.05) is 18.2 Å². The zero-order valence-corrected chi connectivity index (χ0v) is 9.73. The molecule has 0 amide bonds. The smallest absolute Gasteiger partial charge is 0.252 e. The van der Waals surface area contributed by atoms with Gasteiger partial charge < -0.3 is 0 Å². The summed E-state index contributed by atoms with van der Waals surface area (Å²) in [7, 11) is 0. The number of hydrogen-bond acceptors (Lipinski definition) is 2.